The number of para-hydroxylation sites is 1. The summed E-state index contributed by atoms with van der Waals surface area (Å²) in [6.07, 6.45) is 0.584. The number of benzene rings is 2. The van der Waals surface area contributed by atoms with Crippen LogP contribution < -0.4 is 14.8 Å². The quantitative estimate of drug-likeness (QED) is 0.533. The van der Waals surface area contributed by atoms with Crippen LogP contribution in [0, 0.1) is 0 Å². The second-order valence-electron chi connectivity index (χ2n) is 7.67. The molecule has 0 radical (unpaired) electrons. The van der Waals surface area contributed by atoms with Gasteiger partial charge in [0.1, 0.15) is 17.5 Å². The summed E-state index contributed by atoms with van der Waals surface area (Å²) in [4.78, 5) is 26.7. The largest absolute Gasteiger partial charge is 0.491 e. The topological polar surface area (TPSA) is 105 Å². The van der Waals surface area contributed by atoms with Crippen LogP contribution >= 0.6 is 0 Å². The van der Waals surface area contributed by atoms with Gasteiger partial charge < -0.3 is 15.0 Å². The SMILES string of the molecule is CCCN(C(=O)CS(=O)(=O)Nc1ccc(OC(C)C)cc1)C(C)C(=O)Nc1ccccc1. The predicted molar refractivity (Wildman–Crippen MR) is 126 cm³/mol. The standard InChI is InChI=1S/C23H31N3O5S/c1-5-15-26(18(4)23(28)24-19-9-7-6-8-10-19)22(27)16-32(29,30)25-20-11-13-21(14-12-20)31-17(2)3/h6-14,17-18,25H,5,15-16H2,1-4H3,(H,24,28). The highest BCUT2D eigenvalue weighted by Crippen LogP contribution is 2.18. The molecule has 9 heteroatoms. The number of hydrogen-bond acceptors (Lipinski definition) is 5. The van der Waals surface area contributed by atoms with Crippen LogP contribution in [0.25, 0.3) is 0 Å². The lowest BCUT2D eigenvalue weighted by molar-refractivity contribution is -0.136. The van der Waals surface area contributed by atoms with E-state index in [9.17, 15) is 18.0 Å². The summed E-state index contributed by atoms with van der Waals surface area (Å²) < 4.78 is 33.1. The van der Waals surface area contributed by atoms with E-state index in [0.29, 0.717) is 23.5 Å². The lowest BCUT2D eigenvalue weighted by Crippen LogP contribution is -2.48. The fourth-order valence-electron chi connectivity index (χ4n) is 3.02. The molecular weight excluding hydrogens is 430 g/mol. The Hall–Kier alpha value is -3.07. The first-order valence-electron chi connectivity index (χ1n) is 10.5. The molecule has 2 amide bonds. The molecule has 0 fully saturated rings. The Morgan fingerprint density at radius 3 is 2.16 bits per heavy atom. The molecule has 0 heterocycles. The van der Waals surface area contributed by atoms with Gasteiger partial charge in [0.25, 0.3) is 0 Å². The van der Waals surface area contributed by atoms with E-state index in [1.54, 1.807) is 55.5 Å². The number of ether oxygens (including phenoxy) is 1. The van der Waals surface area contributed by atoms with Gasteiger partial charge in [-0.25, -0.2) is 8.42 Å². The molecule has 32 heavy (non-hydrogen) atoms. The number of hydrogen-bond donors (Lipinski definition) is 2. The maximum absolute atomic E-state index is 12.8. The van der Waals surface area contributed by atoms with Crippen molar-refractivity contribution in [1.82, 2.24) is 4.90 Å². The van der Waals surface area contributed by atoms with Crippen LogP contribution in [0.2, 0.25) is 0 Å². The number of anilines is 2. The van der Waals surface area contributed by atoms with Crippen LogP contribution in [0.4, 0.5) is 11.4 Å². The molecule has 174 valence electrons. The van der Waals surface area contributed by atoms with E-state index in [1.807, 2.05) is 26.8 Å². The minimum absolute atomic E-state index is 0.000734. The molecule has 0 saturated carbocycles. The van der Waals surface area contributed by atoms with Crippen LogP contribution in [0.1, 0.15) is 34.1 Å². The zero-order valence-corrected chi connectivity index (χ0v) is 19.7. The molecule has 2 N–H and O–H groups in total. The average molecular weight is 462 g/mol. The molecule has 2 aromatic carbocycles. The van der Waals surface area contributed by atoms with Crippen molar-refractivity contribution in [3.8, 4) is 5.75 Å². The number of carbonyl (C=O) groups excluding carboxylic acids is 2. The Labute approximate surface area is 190 Å². The van der Waals surface area contributed by atoms with Crippen LogP contribution in [0.5, 0.6) is 5.75 Å². The first-order valence-corrected chi connectivity index (χ1v) is 12.2. The van der Waals surface area contributed by atoms with Crippen LogP contribution in [-0.4, -0.2) is 49.6 Å². The van der Waals surface area contributed by atoms with Crippen LogP contribution in [0.3, 0.4) is 0 Å². The van der Waals surface area contributed by atoms with Crippen molar-refractivity contribution in [2.24, 2.45) is 0 Å². The van der Waals surface area contributed by atoms with Crippen molar-refractivity contribution in [2.75, 3.05) is 22.3 Å². The Kier molecular flexibility index (Phi) is 9.07. The molecule has 0 aromatic heterocycles. The number of sulfonamides is 1. The van der Waals surface area contributed by atoms with E-state index < -0.39 is 27.7 Å². The van der Waals surface area contributed by atoms with Crippen molar-refractivity contribution in [3.05, 3.63) is 54.6 Å². The second kappa shape index (κ2) is 11.5. The molecule has 2 aromatic rings. The van der Waals surface area contributed by atoms with Gasteiger partial charge in [-0.15, -0.1) is 0 Å². The number of nitrogens with one attached hydrogen (secondary N) is 2. The summed E-state index contributed by atoms with van der Waals surface area (Å²) in [7, 11) is -3.96. The van der Waals surface area contributed by atoms with Crippen molar-refractivity contribution in [3.63, 3.8) is 0 Å². The van der Waals surface area contributed by atoms with Crippen molar-refractivity contribution >= 4 is 33.2 Å². The Balaban J connectivity index is 2.04. The van der Waals surface area contributed by atoms with E-state index in [2.05, 4.69) is 10.0 Å². The third-order valence-electron chi connectivity index (χ3n) is 4.49. The highest BCUT2D eigenvalue weighted by atomic mass is 32.2. The van der Waals surface area contributed by atoms with Gasteiger partial charge in [0.2, 0.25) is 21.8 Å². The highest BCUT2D eigenvalue weighted by molar-refractivity contribution is 7.93. The molecule has 0 aliphatic carbocycles. The molecule has 0 aliphatic rings. The fraction of sp³-hybridized carbons (Fsp3) is 0.391. The lowest BCUT2D eigenvalue weighted by atomic mass is 10.2. The third kappa shape index (κ3) is 7.88. The van der Waals surface area contributed by atoms with Gasteiger partial charge in [0.15, 0.2) is 0 Å². The van der Waals surface area contributed by atoms with Gasteiger partial charge in [0, 0.05) is 17.9 Å². The molecule has 1 unspecified atom stereocenters. The van der Waals surface area contributed by atoms with Gasteiger partial charge >= 0.3 is 0 Å². The molecule has 0 bridgehead atoms. The fourth-order valence-corrected chi connectivity index (χ4v) is 4.08. The molecule has 0 aliphatic heterocycles. The zero-order valence-electron chi connectivity index (χ0n) is 18.9. The smallest absolute Gasteiger partial charge is 0.246 e. The van der Waals surface area contributed by atoms with E-state index in [4.69, 9.17) is 4.74 Å². The first-order chi connectivity index (χ1) is 15.1. The summed E-state index contributed by atoms with van der Waals surface area (Å²) in [5.41, 5.74) is 0.929. The Morgan fingerprint density at radius 1 is 0.969 bits per heavy atom. The van der Waals surface area contributed by atoms with E-state index >= 15 is 0 Å². The molecule has 8 nitrogen and oxygen atoms in total. The molecule has 2 rings (SSSR count). The van der Waals surface area contributed by atoms with E-state index in [1.165, 1.54) is 4.90 Å². The number of amides is 2. The maximum atomic E-state index is 12.8. The Bertz CT molecular complexity index is 992. The summed E-state index contributed by atoms with van der Waals surface area (Å²) in [5.74, 6) is -1.18. The molecular formula is C23H31N3O5S. The van der Waals surface area contributed by atoms with Crippen molar-refractivity contribution < 1.29 is 22.7 Å². The summed E-state index contributed by atoms with van der Waals surface area (Å²) in [5, 5.41) is 2.75. The van der Waals surface area contributed by atoms with Crippen molar-refractivity contribution in [1.29, 1.82) is 0 Å². The minimum atomic E-state index is -3.96. The lowest BCUT2D eigenvalue weighted by Gasteiger charge is -2.28. The normalized spacial score (nSPS) is 12.2. The van der Waals surface area contributed by atoms with Gasteiger partial charge in [-0.1, -0.05) is 25.1 Å². The Morgan fingerprint density at radius 2 is 1.59 bits per heavy atom. The monoisotopic (exact) mass is 461 g/mol. The number of rotatable bonds is 11. The summed E-state index contributed by atoms with van der Waals surface area (Å²) in [6, 6.07) is 14.5. The van der Waals surface area contributed by atoms with Gasteiger partial charge in [-0.3, -0.25) is 14.3 Å². The van der Waals surface area contributed by atoms with Gasteiger partial charge in [0.05, 0.1) is 6.10 Å². The zero-order chi connectivity index (χ0) is 23.7. The maximum Gasteiger partial charge on any atom is 0.246 e. The van der Waals surface area contributed by atoms with E-state index in [-0.39, 0.29) is 18.6 Å². The summed E-state index contributed by atoms with van der Waals surface area (Å²) >= 11 is 0. The number of carbonyl (C=O) groups is 2. The second-order valence-corrected chi connectivity index (χ2v) is 9.39. The molecule has 0 spiro atoms. The van der Waals surface area contributed by atoms with Crippen molar-refractivity contribution in [2.45, 2.75) is 46.3 Å². The highest BCUT2D eigenvalue weighted by Gasteiger charge is 2.28. The molecule has 0 saturated heterocycles. The molecule has 1 atom stereocenters. The predicted octanol–water partition coefficient (Wildman–Crippen LogP) is 3.48. The van der Waals surface area contributed by atoms with E-state index in [0.717, 1.165) is 0 Å². The van der Waals surface area contributed by atoms with Crippen LogP contribution in [-0.2, 0) is 19.6 Å². The van der Waals surface area contributed by atoms with Gasteiger partial charge in [-0.05, 0) is 63.6 Å². The number of nitrogens with zero attached hydrogens (tertiary/aromatic N) is 1. The summed E-state index contributed by atoms with van der Waals surface area (Å²) in [6.45, 7) is 7.49. The third-order valence-corrected chi connectivity index (χ3v) is 5.66. The average Bonchev–Trinajstić information content (AvgIpc) is 2.72. The van der Waals surface area contributed by atoms with Gasteiger partial charge in [-0.2, -0.15) is 0 Å². The van der Waals surface area contributed by atoms with Crippen LogP contribution in [0.15, 0.2) is 54.6 Å². The minimum Gasteiger partial charge on any atom is -0.491 e. The first kappa shape index (κ1) is 25.2.